The number of hydrogen-bond acceptors (Lipinski definition) is 4. The number of hydrazine groups is 2. The molecule has 5 nitrogen and oxygen atoms in total. The molecule has 1 aromatic heterocycles. The largest absolute Gasteiger partial charge is 0.282 e. The van der Waals surface area contributed by atoms with Crippen molar-refractivity contribution in [2.45, 2.75) is 0 Å². The Bertz CT molecular complexity index is 301. The molecule has 0 bridgehead atoms. The minimum absolute atomic E-state index is 0. The normalized spacial score (nSPS) is 9.00. The number of nitrogens with two attached hydrogens (primary N) is 1. The molecule has 1 aromatic rings. The third kappa shape index (κ3) is 3.24. The number of nitrogens with zero attached hydrogens (tertiary/aromatic N) is 2. The third-order valence-corrected chi connectivity index (χ3v) is 1.56. The maximum atomic E-state index is 7.59. The number of pyridine rings is 1. The molecule has 0 aromatic carbocycles. The molecule has 0 aliphatic rings. The molecule has 0 saturated carbocycles. The lowest BCUT2D eigenvalue weighted by Crippen LogP contribution is -2.44. The van der Waals surface area contributed by atoms with Crippen molar-refractivity contribution >= 4 is 43.1 Å². The lowest BCUT2D eigenvalue weighted by molar-refractivity contribution is 0.374. The first-order valence-electron chi connectivity index (χ1n) is 3.65. The number of amidine groups is 1. The van der Waals surface area contributed by atoms with E-state index in [0.29, 0.717) is 11.2 Å². The summed E-state index contributed by atoms with van der Waals surface area (Å²) >= 11 is 0. The second-order valence-corrected chi connectivity index (χ2v) is 2.51. The average molecular weight is 303 g/mol. The third-order valence-electron chi connectivity index (χ3n) is 1.56. The van der Waals surface area contributed by atoms with E-state index >= 15 is 0 Å². The van der Waals surface area contributed by atoms with Crippen LogP contribution in [0.1, 0.15) is 5.69 Å². The minimum atomic E-state index is 0. The van der Waals surface area contributed by atoms with E-state index < -0.39 is 0 Å². The van der Waals surface area contributed by atoms with Gasteiger partial charge in [0.15, 0.2) is 5.84 Å². The molecule has 1 rings (SSSR count). The Morgan fingerprint density at radius 2 is 2.29 bits per heavy atom. The Morgan fingerprint density at radius 3 is 2.71 bits per heavy atom. The summed E-state index contributed by atoms with van der Waals surface area (Å²) in [5.41, 5.74) is 3.39. The van der Waals surface area contributed by atoms with Gasteiger partial charge in [0.05, 0.1) is 0 Å². The van der Waals surface area contributed by atoms with Crippen molar-refractivity contribution in [2.75, 3.05) is 7.05 Å². The van der Waals surface area contributed by atoms with Crippen LogP contribution in [-0.2, 0) is 0 Å². The van der Waals surface area contributed by atoms with E-state index in [4.69, 9.17) is 19.1 Å². The lowest BCUT2D eigenvalue weighted by atomic mass is 9.99. The van der Waals surface area contributed by atoms with Crippen molar-refractivity contribution in [3.8, 4) is 0 Å². The van der Waals surface area contributed by atoms with Crippen LogP contribution in [0.25, 0.3) is 0 Å². The predicted octanol–water partition coefficient (Wildman–Crippen LogP) is -0.871. The summed E-state index contributed by atoms with van der Waals surface area (Å²) in [6, 6.07) is 3.34. The van der Waals surface area contributed by atoms with Crippen LogP contribution in [-0.4, -0.2) is 30.7 Å². The van der Waals surface area contributed by atoms with Gasteiger partial charge in [-0.15, -0.1) is 24.0 Å². The summed E-state index contributed by atoms with van der Waals surface area (Å²) in [5.74, 6) is 5.31. The maximum Gasteiger partial charge on any atom is 0.162 e. The van der Waals surface area contributed by atoms with Gasteiger partial charge < -0.3 is 0 Å². The van der Waals surface area contributed by atoms with E-state index in [9.17, 15) is 0 Å². The fourth-order valence-electron chi connectivity index (χ4n) is 0.782. The van der Waals surface area contributed by atoms with Crippen molar-refractivity contribution in [1.82, 2.24) is 15.5 Å². The van der Waals surface area contributed by atoms with E-state index in [1.165, 1.54) is 11.2 Å². The molecule has 4 N–H and O–H groups in total. The summed E-state index contributed by atoms with van der Waals surface area (Å²) in [4.78, 5) is 3.96. The minimum Gasteiger partial charge on any atom is -0.282 e. The molecule has 14 heavy (non-hydrogen) atoms. The fraction of sp³-hybridized carbons (Fsp3) is 0.143. The van der Waals surface area contributed by atoms with E-state index in [2.05, 4.69) is 10.5 Å². The Hall–Kier alpha value is -0.665. The van der Waals surface area contributed by atoms with Gasteiger partial charge in [-0.25, -0.2) is 0 Å². The van der Waals surface area contributed by atoms with Crippen LogP contribution < -0.4 is 16.8 Å². The fourth-order valence-corrected chi connectivity index (χ4v) is 0.782. The van der Waals surface area contributed by atoms with Gasteiger partial charge in [-0.1, -0.05) is 11.5 Å². The van der Waals surface area contributed by atoms with Crippen LogP contribution in [0.4, 0.5) is 0 Å². The molecular weight excluding hydrogens is 292 g/mol. The van der Waals surface area contributed by atoms with Crippen molar-refractivity contribution < 1.29 is 0 Å². The van der Waals surface area contributed by atoms with Gasteiger partial charge in [-0.05, 0) is 6.07 Å². The summed E-state index contributed by atoms with van der Waals surface area (Å²) in [6.07, 6.45) is 1.49. The van der Waals surface area contributed by atoms with E-state index in [1.54, 1.807) is 19.2 Å². The maximum absolute atomic E-state index is 7.59. The van der Waals surface area contributed by atoms with Gasteiger partial charge in [0.25, 0.3) is 0 Å². The van der Waals surface area contributed by atoms with Crippen molar-refractivity contribution in [3.63, 3.8) is 0 Å². The first-order chi connectivity index (χ1) is 6.15. The van der Waals surface area contributed by atoms with Gasteiger partial charge in [-0.3, -0.25) is 21.2 Å². The predicted molar refractivity (Wildman–Crippen MR) is 67.0 cm³/mol. The molecule has 0 amide bonds. The van der Waals surface area contributed by atoms with Gasteiger partial charge in [-0.2, -0.15) is 5.53 Å². The zero-order chi connectivity index (χ0) is 9.84. The van der Waals surface area contributed by atoms with E-state index in [1.807, 2.05) is 0 Å². The zero-order valence-corrected chi connectivity index (χ0v) is 10.0. The smallest absolute Gasteiger partial charge is 0.162 e. The van der Waals surface area contributed by atoms with E-state index in [0.717, 1.165) is 0 Å². The number of aromatic nitrogens is 1. The highest BCUT2D eigenvalue weighted by molar-refractivity contribution is 14.0. The molecule has 0 saturated heterocycles. The van der Waals surface area contributed by atoms with Crippen LogP contribution in [0.15, 0.2) is 18.3 Å². The molecule has 1 heterocycles. The molecule has 74 valence electrons. The average Bonchev–Trinajstić information content (AvgIpc) is 2.17. The van der Waals surface area contributed by atoms with Gasteiger partial charge >= 0.3 is 0 Å². The summed E-state index contributed by atoms with van der Waals surface area (Å²) in [6.45, 7) is 0. The Labute approximate surface area is 101 Å². The SMILES string of the molecule is I.[B]c1ccc(C(=N)N(C)NN)nc1. The first-order valence-corrected chi connectivity index (χ1v) is 3.65. The molecular formula is C7H11BIN5. The Kier molecular flexibility index (Phi) is 5.66. The molecule has 0 aliphatic heterocycles. The summed E-state index contributed by atoms with van der Waals surface area (Å²) < 4.78 is 0. The van der Waals surface area contributed by atoms with Gasteiger partial charge in [0.2, 0.25) is 0 Å². The number of rotatable bonds is 2. The van der Waals surface area contributed by atoms with E-state index in [-0.39, 0.29) is 29.8 Å². The lowest BCUT2D eigenvalue weighted by Gasteiger charge is -2.16. The summed E-state index contributed by atoms with van der Waals surface area (Å²) in [5, 5.41) is 8.93. The first kappa shape index (κ1) is 13.3. The zero-order valence-electron chi connectivity index (χ0n) is 7.69. The topological polar surface area (TPSA) is 78.0 Å². The quantitative estimate of drug-likeness (QED) is 0.166. The van der Waals surface area contributed by atoms with Crippen molar-refractivity contribution in [2.24, 2.45) is 5.84 Å². The highest BCUT2D eigenvalue weighted by Crippen LogP contribution is 1.94. The highest BCUT2D eigenvalue weighted by Gasteiger charge is 2.05. The highest BCUT2D eigenvalue weighted by atomic mass is 127. The van der Waals surface area contributed by atoms with Crippen LogP contribution in [0.5, 0.6) is 0 Å². The van der Waals surface area contributed by atoms with Crippen LogP contribution in [0.2, 0.25) is 0 Å². The molecule has 0 spiro atoms. The molecule has 0 atom stereocenters. The van der Waals surface area contributed by atoms with Crippen molar-refractivity contribution in [1.29, 1.82) is 5.41 Å². The van der Waals surface area contributed by atoms with Crippen LogP contribution >= 0.6 is 24.0 Å². The standard InChI is InChI=1S/C7H10BN5.HI/c1-13(12-10)7(9)6-3-2-5(8)4-11-6;/h2-4,9,12H,10H2,1H3;1H. The second-order valence-electron chi connectivity index (χ2n) is 2.51. The molecule has 2 radical (unpaired) electrons. The molecule has 0 fully saturated rings. The number of halogens is 1. The number of hydrogen-bond donors (Lipinski definition) is 3. The Morgan fingerprint density at radius 1 is 1.64 bits per heavy atom. The van der Waals surface area contributed by atoms with Crippen LogP contribution in [0.3, 0.4) is 0 Å². The van der Waals surface area contributed by atoms with Gasteiger partial charge in [0.1, 0.15) is 13.5 Å². The molecule has 0 aliphatic carbocycles. The van der Waals surface area contributed by atoms with Gasteiger partial charge in [0, 0.05) is 13.2 Å². The number of nitrogens with one attached hydrogen (secondary N) is 2. The van der Waals surface area contributed by atoms with Crippen LogP contribution in [0, 0.1) is 5.41 Å². The Balaban J connectivity index is 0.00000169. The summed E-state index contributed by atoms with van der Waals surface area (Å²) in [7, 11) is 7.07. The van der Waals surface area contributed by atoms with Crippen molar-refractivity contribution in [3.05, 3.63) is 24.0 Å². The monoisotopic (exact) mass is 303 g/mol. The molecule has 0 unspecified atom stereocenters. The molecule has 7 heteroatoms. The second kappa shape index (κ2) is 5.94.